The second kappa shape index (κ2) is 9.33. The maximum atomic E-state index is 13.1. The molecule has 1 fully saturated rings. The average Bonchev–Trinajstić information content (AvgIpc) is 3.54. The van der Waals surface area contributed by atoms with Crippen LogP contribution in [0.4, 0.5) is 5.82 Å². The Morgan fingerprint density at radius 1 is 1.06 bits per heavy atom. The van der Waals surface area contributed by atoms with E-state index in [1.54, 1.807) is 22.2 Å². The van der Waals surface area contributed by atoms with Gasteiger partial charge < -0.3 is 15.0 Å². The number of ether oxygens (including phenoxy) is 1. The number of carbonyl (C=O) groups is 1. The van der Waals surface area contributed by atoms with Crippen molar-refractivity contribution in [1.29, 1.82) is 0 Å². The van der Waals surface area contributed by atoms with Gasteiger partial charge in [-0.1, -0.05) is 30.3 Å². The summed E-state index contributed by atoms with van der Waals surface area (Å²) in [4.78, 5) is 20.8. The SMILES string of the molecule is O=C(NCc1ccc(N2CCOCC2)nc1)c1cn(-c2ccccc2)nc1-c1cccs1. The molecule has 1 amide bonds. The largest absolute Gasteiger partial charge is 0.378 e. The van der Waals surface area contributed by atoms with E-state index in [1.165, 1.54) is 0 Å². The van der Waals surface area contributed by atoms with Crippen molar-refractivity contribution >= 4 is 23.1 Å². The summed E-state index contributed by atoms with van der Waals surface area (Å²) in [6.45, 7) is 3.54. The number of hydrogen-bond donors (Lipinski definition) is 1. The van der Waals surface area contributed by atoms with Gasteiger partial charge in [0.05, 0.1) is 29.3 Å². The van der Waals surface area contributed by atoms with E-state index >= 15 is 0 Å². The molecule has 1 aliphatic heterocycles. The fourth-order valence-corrected chi connectivity index (χ4v) is 4.35. The standard InChI is InChI=1S/C24H23N5O2S/c30-24(26-16-18-8-9-22(25-15-18)28-10-12-31-13-11-28)20-17-29(19-5-2-1-3-6-19)27-23(20)21-7-4-14-32-21/h1-9,14-15,17H,10-13,16H2,(H,26,30). The Hall–Kier alpha value is -3.49. The molecule has 0 unspecified atom stereocenters. The molecule has 8 heteroatoms. The number of aromatic nitrogens is 3. The summed E-state index contributed by atoms with van der Waals surface area (Å²) in [5.74, 6) is 0.778. The third-order valence-electron chi connectivity index (χ3n) is 5.33. The summed E-state index contributed by atoms with van der Waals surface area (Å²) in [6, 6.07) is 17.7. The number of rotatable bonds is 6. The van der Waals surface area contributed by atoms with Crippen LogP contribution in [0, 0.1) is 0 Å². The summed E-state index contributed by atoms with van der Waals surface area (Å²) in [5, 5.41) is 9.71. The van der Waals surface area contributed by atoms with E-state index < -0.39 is 0 Å². The minimum absolute atomic E-state index is 0.159. The van der Waals surface area contributed by atoms with E-state index in [-0.39, 0.29) is 5.91 Å². The van der Waals surface area contributed by atoms with Crippen LogP contribution in [0.5, 0.6) is 0 Å². The maximum absolute atomic E-state index is 13.1. The number of hydrogen-bond acceptors (Lipinski definition) is 6. The molecule has 32 heavy (non-hydrogen) atoms. The van der Waals surface area contributed by atoms with Crippen molar-refractivity contribution in [1.82, 2.24) is 20.1 Å². The van der Waals surface area contributed by atoms with Gasteiger partial charge in [-0.3, -0.25) is 4.79 Å². The van der Waals surface area contributed by atoms with Crippen LogP contribution in [0.2, 0.25) is 0 Å². The molecule has 1 saturated heterocycles. The molecule has 0 bridgehead atoms. The van der Waals surface area contributed by atoms with Crippen molar-refractivity contribution in [3.63, 3.8) is 0 Å². The van der Waals surface area contributed by atoms with Crippen molar-refractivity contribution in [2.75, 3.05) is 31.2 Å². The second-order valence-corrected chi connectivity index (χ2v) is 8.40. The minimum atomic E-state index is -0.159. The molecule has 7 nitrogen and oxygen atoms in total. The Bertz CT molecular complexity index is 1170. The van der Waals surface area contributed by atoms with Gasteiger partial charge in [0.2, 0.25) is 0 Å². The van der Waals surface area contributed by atoms with E-state index in [0.717, 1.165) is 48.2 Å². The number of amides is 1. The topological polar surface area (TPSA) is 72.3 Å². The number of benzene rings is 1. The predicted molar refractivity (Wildman–Crippen MR) is 125 cm³/mol. The van der Waals surface area contributed by atoms with Crippen LogP contribution in [0.3, 0.4) is 0 Å². The molecule has 1 N–H and O–H groups in total. The van der Waals surface area contributed by atoms with Gasteiger partial charge in [0.15, 0.2) is 0 Å². The van der Waals surface area contributed by atoms with E-state index in [4.69, 9.17) is 9.84 Å². The molecule has 1 aromatic carbocycles. The van der Waals surface area contributed by atoms with Crippen molar-refractivity contribution in [3.8, 4) is 16.3 Å². The van der Waals surface area contributed by atoms with Gasteiger partial charge in [-0.15, -0.1) is 11.3 Å². The highest BCUT2D eigenvalue weighted by Gasteiger charge is 2.19. The van der Waals surface area contributed by atoms with Crippen LogP contribution in [0.15, 0.2) is 72.4 Å². The molecular formula is C24H23N5O2S. The number of anilines is 1. The van der Waals surface area contributed by atoms with Crippen LogP contribution in [-0.4, -0.2) is 47.0 Å². The highest BCUT2D eigenvalue weighted by molar-refractivity contribution is 7.13. The monoisotopic (exact) mass is 445 g/mol. The lowest BCUT2D eigenvalue weighted by Gasteiger charge is -2.27. The summed E-state index contributed by atoms with van der Waals surface area (Å²) in [5.41, 5.74) is 3.09. The lowest BCUT2D eigenvalue weighted by molar-refractivity contribution is 0.0951. The van der Waals surface area contributed by atoms with Crippen LogP contribution in [0.25, 0.3) is 16.3 Å². The van der Waals surface area contributed by atoms with E-state index in [1.807, 2.05) is 66.2 Å². The van der Waals surface area contributed by atoms with Gasteiger partial charge in [0, 0.05) is 32.0 Å². The zero-order valence-electron chi connectivity index (χ0n) is 17.5. The van der Waals surface area contributed by atoms with E-state index in [9.17, 15) is 4.79 Å². The van der Waals surface area contributed by atoms with Gasteiger partial charge >= 0.3 is 0 Å². The molecule has 0 atom stereocenters. The first-order valence-corrected chi connectivity index (χ1v) is 11.4. The normalized spacial score (nSPS) is 13.8. The fraction of sp³-hybridized carbons (Fsp3) is 0.208. The van der Waals surface area contributed by atoms with Crippen molar-refractivity contribution in [2.45, 2.75) is 6.54 Å². The van der Waals surface area contributed by atoms with Gasteiger partial charge in [0.25, 0.3) is 5.91 Å². The molecule has 5 rings (SSSR count). The van der Waals surface area contributed by atoms with Crippen molar-refractivity contribution < 1.29 is 9.53 Å². The van der Waals surface area contributed by atoms with Crippen molar-refractivity contribution in [3.05, 3.63) is 83.5 Å². The van der Waals surface area contributed by atoms with Crippen LogP contribution in [0.1, 0.15) is 15.9 Å². The molecule has 4 aromatic rings. The number of nitrogens with zero attached hydrogens (tertiary/aromatic N) is 4. The number of pyridine rings is 1. The highest BCUT2D eigenvalue weighted by atomic mass is 32.1. The van der Waals surface area contributed by atoms with E-state index in [0.29, 0.717) is 17.8 Å². The van der Waals surface area contributed by atoms with Gasteiger partial charge in [-0.05, 0) is 35.2 Å². The Morgan fingerprint density at radius 3 is 2.62 bits per heavy atom. The Morgan fingerprint density at radius 2 is 1.91 bits per heavy atom. The van der Waals surface area contributed by atoms with Gasteiger partial charge in [0.1, 0.15) is 11.5 Å². The quantitative estimate of drug-likeness (QED) is 0.489. The molecule has 4 heterocycles. The second-order valence-electron chi connectivity index (χ2n) is 7.46. The number of carbonyl (C=O) groups excluding carboxylic acids is 1. The highest BCUT2D eigenvalue weighted by Crippen LogP contribution is 2.28. The van der Waals surface area contributed by atoms with Crippen LogP contribution >= 0.6 is 11.3 Å². The zero-order chi connectivity index (χ0) is 21.8. The molecule has 3 aromatic heterocycles. The molecular weight excluding hydrogens is 422 g/mol. The molecule has 0 aliphatic carbocycles. The molecule has 162 valence electrons. The Kier molecular flexibility index (Phi) is 5.96. The molecule has 0 saturated carbocycles. The maximum Gasteiger partial charge on any atom is 0.255 e. The first kappa shape index (κ1) is 20.4. The number of para-hydroxylation sites is 1. The zero-order valence-corrected chi connectivity index (χ0v) is 18.3. The summed E-state index contributed by atoms with van der Waals surface area (Å²) in [7, 11) is 0. The van der Waals surface area contributed by atoms with Gasteiger partial charge in [-0.2, -0.15) is 5.10 Å². The lowest BCUT2D eigenvalue weighted by Crippen LogP contribution is -2.36. The van der Waals surface area contributed by atoms with Crippen LogP contribution < -0.4 is 10.2 Å². The third-order valence-corrected chi connectivity index (χ3v) is 6.21. The summed E-state index contributed by atoms with van der Waals surface area (Å²) < 4.78 is 7.15. The Balaban J connectivity index is 1.32. The fourth-order valence-electron chi connectivity index (χ4n) is 3.63. The summed E-state index contributed by atoms with van der Waals surface area (Å²) >= 11 is 1.57. The molecule has 0 radical (unpaired) electrons. The summed E-state index contributed by atoms with van der Waals surface area (Å²) in [6.07, 6.45) is 3.61. The number of thiophene rings is 1. The van der Waals surface area contributed by atoms with Crippen molar-refractivity contribution in [2.24, 2.45) is 0 Å². The van der Waals surface area contributed by atoms with Crippen LogP contribution in [-0.2, 0) is 11.3 Å². The molecule has 1 aliphatic rings. The Labute approximate surface area is 190 Å². The number of morpholine rings is 1. The van der Waals surface area contributed by atoms with Gasteiger partial charge in [-0.25, -0.2) is 9.67 Å². The average molecular weight is 446 g/mol. The first-order chi connectivity index (χ1) is 15.8. The molecule has 0 spiro atoms. The minimum Gasteiger partial charge on any atom is -0.378 e. The predicted octanol–water partition coefficient (Wildman–Crippen LogP) is 3.76. The third kappa shape index (κ3) is 4.42. The first-order valence-electron chi connectivity index (χ1n) is 10.5. The smallest absolute Gasteiger partial charge is 0.255 e. The lowest BCUT2D eigenvalue weighted by atomic mass is 10.2. The number of nitrogens with one attached hydrogen (secondary N) is 1. The van der Waals surface area contributed by atoms with E-state index in [2.05, 4.69) is 15.2 Å².